The summed E-state index contributed by atoms with van der Waals surface area (Å²) in [6, 6.07) is 10.7. The molecular weight excluding hydrogens is 248 g/mol. The molecule has 4 heteroatoms. The Hall–Kier alpha value is -2.36. The van der Waals surface area contributed by atoms with E-state index in [4.69, 9.17) is 0 Å². The maximum Gasteiger partial charge on any atom is 0.155 e. The zero-order valence-electron chi connectivity index (χ0n) is 12.0. The minimum absolute atomic E-state index is 0.855. The summed E-state index contributed by atoms with van der Waals surface area (Å²) in [6.07, 6.45) is 3.53. The normalized spacial score (nSPS) is 10.9. The highest BCUT2D eigenvalue weighted by Crippen LogP contribution is 2.22. The first-order valence-electron chi connectivity index (χ1n) is 6.70. The second kappa shape index (κ2) is 4.96. The van der Waals surface area contributed by atoms with Gasteiger partial charge < -0.3 is 4.90 Å². The van der Waals surface area contributed by atoms with Crippen LogP contribution in [0, 0.1) is 13.8 Å². The molecule has 2 heterocycles. The third-order valence-electron chi connectivity index (χ3n) is 3.54. The standard InChI is InChI=1S/C16H18N4/c1-12-4-5-13(2)15(8-12)19(3)10-14-6-7-20-16(9-14)17-11-18-20/h4-9,11H,10H2,1-3H3. The third kappa shape index (κ3) is 2.37. The van der Waals surface area contributed by atoms with Gasteiger partial charge in [-0.1, -0.05) is 12.1 Å². The van der Waals surface area contributed by atoms with Gasteiger partial charge in [0.2, 0.25) is 0 Å². The van der Waals surface area contributed by atoms with Crippen LogP contribution >= 0.6 is 0 Å². The molecule has 0 aliphatic heterocycles. The number of pyridine rings is 1. The van der Waals surface area contributed by atoms with Crippen molar-refractivity contribution in [2.75, 3.05) is 11.9 Å². The quantitative estimate of drug-likeness (QED) is 0.730. The van der Waals surface area contributed by atoms with E-state index in [0.29, 0.717) is 0 Å². The molecule has 3 rings (SSSR count). The summed E-state index contributed by atoms with van der Waals surface area (Å²) in [7, 11) is 2.12. The van der Waals surface area contributed by atoms with Gasteiger partial charge in [-0.2, -0.15) is 5.10 Å². The predicted octanol–water partition coefficient (Wildman–Crippen LogP) is 2.98. The van der Waals surface area contributed by atoms with Gasteiger partial charge in [-0.3, -0.25) is 0 Å². The Morgan fingerprint density at radius 3 is 2.85 bits per heavy atom. The van der Waals surface area contributed by atoms with Crippen LogP contribution in [0.15, 0.2) is 42.9 Å². The van der Waals surface area contributed by atoms with E-state index in [1.165, 1.54) is 22.4 Å². The molecular formula is C16H18N4. The van der Waals surface area contributed by atoms with Crippen LogP contribution in [0.25, 0.3) is 5.65 Å². The van der Waals surface area contributed by atoms with E-state index >= 15 is 0 Å². The molecule has 0 fully saturated rings. The number of nitrogens with zero attached hydrogens (tertiary/aromatic N) is 4. The molecule has 20 heavy (non-hydrogen) atoms. The lowest BCUT2D eigenvalue weighted by Crippen LogP contribution is -2.17. The fourth-order valence-electron chi connectivity index (χ4n) is 2.45. The van der Waals surface area contributed by atoms with Gasteiger partial charge in [0.25, 0.3) is 0 Å². The lowest BCUT2D eigenvalue weighted by atomic mass is 10.1. The van der Waals surface area contributed by atoms with Crippen LogP contribution in [0.1, 0.15) is 16.7 Å². The van der Waals surface area contributed by atoms with Gasteiger partial charge in [0.1, 0.15) is 6.33 Å². The summed E-state index contributed by atoms with van der Waals surface area (Å²) >= 11 is 0. The van der Waals surface area contributed by atoms with Crippen molar-refractivity contribution in [3.8, 4) is 0 Å². The first kappa shape index (κ1) is 12.7. The number of rotatable bonds is 3. The first-order chi connectivity index (χ1) is 9.63. The van der Waals surface area contributed by atoms with Gasteiger partial charge >= 0.3 is 0 Å². The second-order valence-electron chi connectivity index (χ2n) is 5.24. The van der Waals surface area contributed by atoms with Gasteiger partial charge in [-0.15, -0.1) is 0 Å². The highest BCUT2D eigenvalue weighted by molar-refractivity contribution is 5.55. The van der Waals surface area contributed by atoms with Crippen molar-refractivity contribution < 1.29 is 0 Å². The molecule has 4 nitrogen and oxygen atoms in total. The molecule has 0 atom stereocenters. The monoisotopic (exact) mass is 266 g/mol. The molecule has 2 aromatic heterocycles. The molecule has 0 aliphatic carbocycles. The molecule has 0 bridgehead atoms. The lowest BCUT2D eigenvalue weighted by Gasteiger charge is -2.22. The Labute approximate surface area is 118 Å². The van der Waals surface area contributed by atoms with Crippen LogP contribution in [-0.4, -0.2) is 21.6 Å². The average Bonchev–Trinajstić information content (AvgIpc) is 2.89. The number of hydrogen-bond donors (Lipinski definition) is 0. The molecule has 0 saturated carbocycles. The largest absolute Gasteiger partial charge is 0.370 e. The van der Waals surface area contributed by atoms with E-state index in [-0.39, 0.29) is 0 Å². The molecule has 0 aliphatic rings. The van der Waals surface area contributed by atoms with Crippen LogP contribution in [0.3, 0.4) is 0 Å². The molecule has 0 spiro atoms. The SMILES string of the molecule is Cc1ccc(C)c(N(C)Cc2ccn3ncnc3c2)c1. The highest BCUT2D eigenvalue weighted by Gasteiger charge is 2.07. The Morgan fingerprint density at radius 2 is 2.00 bits per heavy atom. The number of benzene rings is 1. The number of fused-ring (bicyclic) bond motifs is 1. The maximum absolute atomic E-state index is 4.22. The van der Waals surface area contributed by atoms with Crippen molar-refractivity contribution in [3.05, 3.63) is 59.5 Å². The molecule has 0 amide bonds. The van der Waals surface area contributed by atoms with Crippen molar-refractivity contribution in [3.63, 3.8) is 0 Å². The van der Waals surface area contributed by atoms with Crippen LogP contribution in [0.4, 0.5) is 5.69 Å². The Bertz CT molecular complexity index is 745. The molecule has 0 N–H and O–H groups in total. The summed E-state index contributed by atoms with van der Waals surface area (Å²) in [5.41, 5.74) is 5.96. The van der Waals surface area contributed by atoms with E-state index in [1.807, 2.05) is 6.20 Å². The van der Waals surface area contributed by atoms with E-state index in [2.05, 4.69) is 66.2 Å². The minimum atomic E-state index is 0.855. The van der Waals surface area contributed by atoms with E-state index in [9.17, 15) is 0 Å². The Morgan fingerprint density at radius 1 is 1.15 bits per heavy atom. The van der Waals surface area contributed by atoms with Crippen molar-refractivity contribution in [1.29, 1.82) is 0 Å². The fourth-order valence-corrected chi connectivity index (χ4v) is 2.45. The number of aryl methyl sites for hydroxylation is 2. The highest BCUT2D eigenvalue weighted by atomic mass is 15.3. The van der Waals surface area contributed by atoms with Gasteiger partial charge in [-0.25, -0.2) is 9.50 Å². The molecule has 0 unspecified atom stereocenters. The molecule has 0 radical (unpaired) electrons. The first-order valence-corrected chi connectivity index (χ1v) is 6.70. The zero-order chi connectivity index (χ0) is 14.1. The smallest absolute Gasteiger partial charge is 0.155 e. The number of anilines is 1. The number of hydrogen-bond acceptors (Lipinski definition) is 3. The second-order valence-corrected chi connectivity index (χ2v) is 5.24. The summed E-state index contributed by atoms with van der Waals surface area (Å²) in [4.78, 5) is 6.49. The van der Waals surface area contributed by atoms with Crippen molar-refractivity contribution in [1.82, 2.24) is 14.6 Å². The third-order valence-corrected chi connectivity index (χ3v) is 3.54. The lowest BCUT2D eigenvalue weighted by molar-refractivity contribution is 0.900. The van der Waals surface area contributed by atoms with E-state index in [1.54, 1.807) is 10.8 Å². The average molecular weight is 266 g/mol. The van der Waals surface area contributed by atoms with Crippen molar-refractivity contribution >= 4 is 11.3 Å². The van der Waals surface area contributed by atoms with Gasteiger partial charge in [0.05, 0.1) is 0 Å². The predicted molar refractivity (Wildman–Crippen MR) is 81.0 cm³/mol. The molecule has 0 saturated heterocycles. The van der Waals surface area contributed by atoms with Crippen molar-refractivity contribution in [2.45, 2.75) is 20.4 Å². The van der Waals surface area contributed by atoms with E-state index in [0.717, 1.165) is 12.2 Å². The van der Waals surface area contributed by atoms with Crippen LogP contribution in [-0.2, 0) is 6.54 Å². The van der Waals surface area contributed by atoms with Gasteiger partial charge in [0, 0.05) is 25.5 Å². The molecule has 1 aromatic carbocycles. The van der Waals surface area contributed by atoms with Crippen LogP contribution in [0.5, 0.6) is 0 Å². The van der Waals surface area contributed by atoms with E-state index < -0.39 is 0 Å². The van der Waals surface area contributed by atoms with Crippen LogP contribution < -0.4 is 4.90 Å². The van der Waals surface area contributed by atoms with Crippen LogP contribution in [0.2, 0.25) is 0 Å². The summed E-state index contributed by atoms with van der Waals surface area (Å²) < 4.78 is 1.78. The van der Waals surface area contributed by atoms with Crippen molar-refractivity contribution in [2.24, 2.45) is 0 Å². The fraction of sp³-hybridized carbons (Fsp3) is 0.250. The minimum Gasteiger partial charge on any atom is -0.370 e. The van der Waals surface area contributed by atoms with Gasteiger partial charge in [0.15, 0.2) is 5.65 Å². The summed E-state index contributed by atoms with van der Waals surface area (Å²) in [6.45, 7) is 5.12. The summed E-state index contributed by atoms with van der Waals surface area (Å²) in [5.74, 6) is 0. The summed E-state index contributed by atoms with van der Waals surface area (Å²) in [5, 5.41) is 4.11. The number of aromatic nitrogens is 3. The zero-order valence-corrected chi connectivity index (χ0v) is 12.0. The maximum atomic E-state index is 4.22. The topological polar surface area (TPSA) is 33.4 Å². The Balaban J connectivity index is 1.87. The molecule has 102 valence electrons. The Kier molecular flexibility index (Phi) is 3.14. The van der Waals surface area contributed by atoms with Gasteiger partial charge in [-0.05, 0) is 48.7 Å². The molecule has 3 aromatic rings.